The summed E-state index contributed by atoms with van der Waals surface area (Å²) in [6.07, 6.45) is 7.91. The van der Waals surface area contributed by atoms with E-state index in [0.717, 1.165) is 25.7 Å². The predicted octanol–water partition coefficient (Wildman–Crippen LogP) is 2.25. The molecule has 1 saturated heterocycles. The lowest BCUT2D eigenvalue weighted by Crippen LogP contribution is -2.29. The highest BCUT2D eigenvalue weighted by Crippen LogP contribution is 2.43. The van der Waals surface area contributed by atoms with Crippen molar-refractivity contribution in [2.24, 2.45) is 0 Å². The molecular weight excluding hydrogens is 260 g/mol. The van der Waals surface area contributed by atoms with E-state index in [2.05, 4.69) is 0 Å². The van der Waals surface area contributed by atoms with Crippen LogP contribution in [0.2, 0.25) is 0 Å². The van der Waals surface area contributed by atoms with Gasteiger partial charge in [-0.05, 0) is 25.7 Å². The quantitative estimate of drug-likeness (QED) is 0.627. The molecule has 0 radical (unpaired) electrons. The molecule has 2 fully saturated rings. The van der Waals surface area contributed by atoms with Gasteiger partial charge in [-0.3, -0.25) is 14.9 Å². The molecule has 0 bridgehead atoms. The first kappa shape index (κ1) is 13.3. The number of ether oxygens (including phenoxy) is 1. The second-order valence-electron chi connectivity index (χ2n) is 5.80. The van der Waals surface area contributed by atoms with E-state index in [-0.39, 0.29) is 23.0 Å². The Morgan fingerprint density at radius 2 is 2.10 bits per heavy atom. The fourth-order valence-corrected chi connectivity index (χ4v) is 3.40. The minimum absolute atomic E-state index is 0.00666. The highest BCUT2D eigenvalue weighted by atomic mass is 16.6. The van der Waals surface area contributed by atoms with E-state index in [9.17, 15) is 14.9 Å². The molecule has 20 heavy (non-hydrogen) atoms. The molecule has 2 heterocycles. The Balaban J connectivity index is 1.74. The van der Waals surface area contributed by atoms with E-state index in [1.165, 1.54) is 35.7 Å². The van der Waals surface area contributed by atoms with Gasteiger partial charge >= 0.3 is 0 Å². The van der Waals surface area contributed by atoms with Gasteiger partial charge < -0.3 is 9.30 Å². The lowest BCUT2D eigenvalue weighted by Gasteiger charge is -2.24. The SMILES string of the molecule is O=c1ccc([N+](=O)[O-])cn1C[C@@H]1CCC2(CCCC2)O1. The minimum Gasteiger partial charge on any atom is -0.370 e. The number of rotatable bonds is 3. The predicted molar refractivity (Wildman–Crippen MR) is 72.7 cm³/mol. The zero-order valence-corrected chi connectivity index (χ0v) is 11.3. The first-order valence-electron chi connectivity index (χ1n) is 7.11. The molecule has 0 amide bonds. The average molecular weight is 278 g/mol. The molecule has 0 aromatic carbocycles. The highest BCUT2D eigenvalue weighted by Gasteiger charge is 2.42. The third-order valence-electron chi connectivity index (χ3n) is 4.43. The maximum atomic E-state index is 11.8. The molecule has 1 aliphatic heterocycles. The van der Waals surface area contributed by atoms with Gasteiger partial charge in [0.15, 0.2) is 0 Å². The molecule has 6 nitrogen and oxygen atoms in total. The average Bonchev–Trinajstić information content (AvgIpc) is 3.03. The van der Waals surface area contributed by atoms with Gasteiger partial charge in [0.05, 0.1) is 29.4 Å². The van der Waals surface area contributed by atoms with E-state index >= 15 is 0 Å². The Kier molecular flexibility index (Phi) is 3.33. The number of pyridine rings is 1. The molecular formula is C14H18N2O4. The Bertz CT molecular complexity index is 575. The molecule has 1 aromatic rings. The van der Waals surface area contributed by atoms with Crippen LogP contribution >= 0.6 is 0 Å². The number of hydrogen-bond acceptors (Lipinski definition) is 4. The molecule has 2 aliphatic rings. The number of hydrogen-bond donors (Lipinski definition) is 0. The van der Waals surface area contributed by atoms with Gasteiger partial charge in [-0.25, -0.2) is 0 Å². The minimum atomic E-state index is -0.482. The summed E-state index contributed by atoms with van der Waals surface area (Å²) in [5.74, 6) is 0. The van der Waals surface area contributed by atoms with Crippen LogP contribution in [0.4, 0.5) is 5.69 Å². The fourth-order valence-electron chi connectivity index (χ4n) is 3.40. The van der Waals surface area contributed by atoms with Crippen molar-refractivity contribution in [3.05, 3.63) is 38.8 Å². The molecule has 108 valence electrons. The van der Waals surface area contributed by atoms with Crippen molar-refractivity contribution in [2.75, 3.05) is 0 Å². The van der Waals surface area contributed by atoms with Gasteiger partial charge in [0.25, 0.3) is 11.2 Å². The molecule has 0 unspecified atom stereocenters. The largest absolute Gasteiger partial charge is 0.370 e. The zero-order chi connectivity index (χ0) is 14.2. The van der Waals surface area contributed by atoms with E-state index < -0.39 is 4.92 Å². The summed E-state index contributed by atoms with van der Waals surface area (Å²) in [7, 11) is 0. The van der Waals surface area contributed by atoms with Gasteiger partial charge in [0.1, 0.15) is 0 Å². The monoisotopic (exact) mass is 278 g/mol. The second-order valence-corrected chi connectivity index (χ2v) is 5.80. The summed E-state index contributed by atoms with van der Waals surface area (Å²) >= 11 is 0. The first-order chi connectivity index (χ1) is 9.58. The van der Waals surface area contributed by atoms with Crippen LogP contribution in [0.5, 0.6) is 0 Å². The Morgan fingerprint density at radius 3 is 2.80 bits per heavy atom. The summed E-state index contributed by atoms with van der Waals surface area (Å²) in [4.78, 5) is 22.1. The van der Waals surface area contributed by atoms with E-state index in [1.807, 2.05) is 0 Å². The van der Waals surface area contributed by atoms with Crippen LogP contribution in [0.1, 0.15) is 38.5 Å². The van der Waals surface area contributed by atoms with Crippen LogP contribution in [-0.4, -0.2) is 21.2 Å². The molecule has 3 rings (SSSR count). The number of nitro groups is 1. The van der Waals surface area contributed by atoms with Gasteiger partial charge in [-0.15, -0.1) is 0 Å². The first-order valence-corrected chi connectivity index (χ1v) is 7.11. The molecule has 1 spiro atoms. The molecule has 1 aliphatic carbocycles. The fraction of sp³-hybridized carbons (Fsp3) is 0.643. The standard InChI is InChI=1S/C14H18N2O4/c17-13-4-3-11(16(18)19)9-15(13)10-12-5-8-14(20-12)6-1-2-7-14/h3-4,9,12H,1-2,5-8,10H2/t12-/m0/s1. The van der Waals surface area contributed by atoms with Crippen LogP contribution < -0.4 is 5.56 Å². The maximum Gasteiger partial charge on any atom is 0.285 e. The van der Waals surface area contributed by atoms with Crippen LogP contribution in [0.3, 0.4) is 0 Å². The van der Waals surface area contributed by atoms with Crippen molar-refractivity contribution >= 4 is 5.69 Å². The molecule has 1 atom stereocenters. The number of aromatic nitrogens is 1. The van der Waals surface area contributed by atoms with Crippen LogP contribution in [0.15, 0.2) is 23.1 Å². The van der Waals surface area contributed by atoms with E-state index in [0.29, 0.717) is 6.54 Å². The van der Waals surface area contributed by atoms with Crippen molar-refractivity contribution < 1.29 is 9.66 Å². The number of nitrogens with zero attached hydrogens (tertiary/aromatic N) is 2. The Hall–Kier alpha value is -1.69. The van der Waals surface area contributed by atoms with Crippen LogP contribution in [0, 0.1) is 10.1 Å². The summed E-state index contributed by atoms with van der Waals surface area (Å²) < 4.78 is 7.54. The summed E-state index contributed by atoms with van der Waals surface area (Å²) in [5, 5.41) is 10.8. The molecule has 6 heteroatoms. The maximum absolute atomic E-state index is 11.8. The second kappa shape index (κ2) is 5.01. The van der Waals surface area contributed by atoms with E-state index in [4.69, 9.17) is 4.74 Å². The van der Waals surface area contributed by atoms with Crippen molar-refractivity contribution in [1.29, 1.82) is 0 Å². The van der Waals surface area contributed by atoms with Gasteiger partial charge in [-0.2, -0.15) is 0 Å². The van der Waals surface area contributed by atoms with Crippen LogP contribution in [-0.2, 0) is 11.3 Å². The molecule has 1 saturated carbocycles. The van der Waals surface area contributed by atoms with E-state index in [1.54, 1.807) is 0 Å². The third kappa shape index (κ3) is 2.47. The summed E-state index contributed by atoms with van der Waals surface area (Å²) in [5.41, 5.74) is -0.251. The topological polar surface area (TPSA) is 74.4 Å². The highest BCUT2D eigenvalue weighted by molar-refractivity contribution is 5.24. The van der Waals surface area contributed by atoms with Crippen molar-refractivity contribution in [2.45, 2.75) is 56.8 Å². The lowest BCUT2D eigenvalue weighted by atomic mass is 9.98. The van der Waals surface area contributed by atoms with Crippen molar-refractivity contribution in [1.82, 2.24) is 4.57 Å². The van der Waals surface area contributed by atoms with Crippen molar-refractivity contribution in [3.8, 4) is 0 Å². The summed E-state index contributed by atoms with van der Waals surface area (Å²) in [6.45, 7) is 0.405. The molecule has 1 aromatic heterocycles. The van der Waals surface area contributed by atoms with Crippen LogP contribution in [0.25, 0.3) is 0 Å². The smallest absolute Gasteiger partial charge is 0.285 e. The van der Waals surface area contributed by atoms with Gasteiger partial charge in [-0.1, -0.05) is 12.8 Å². The van der Waals surface area contributed by atoms with Crippen molar-refractivity contribution in [3.63, 3.8) is 0 Å². The Labute approximate surface area is 116 Å². The summed E-state index contributed by atoms with van der Waals surface area (Å²) in [6, 6.07) is 2.49. The third-order valence-corrected chi connectivity index (χ3v) is 4.43. The zero-order valence-electron chi connectivity index (χ0n) is 11.3. The van der Waals surface area contributed by atoms with Gasteiger partial charge in [0, 0.05) is 12.1 Å². The van der Waals surface area contributed by atoms with Gasteiger partial charge in [0.2, 0.25) is 0 Å². The lowest BCUT2D eigenvalue weighted by molar-refractivity contribution is -0.385. The Morgan fingerprint density at radius 1 is 1.35 bits per heavy atom. The normalized spacial score (nSPS) is 24.3. The molecule has 0 N–H and O–H groups in total.